The third kappa shape index (κ3) is 4.99. The van der Waals surface area contributed by atoms with Gasteiger partial charge in [0.1, 0.15) is 0 Å². The molecule has 1 aromatic heterocycles. The van der Waals surface area contributed by atoms with Crippen molar-refractivity contribution in [2.45, 2.75) is 0 Å². The van der Waals surface area contributed by atoms with Gasteiger partial charge < -0.3 is 0 Å². The minimum atomic E-state index is -0.474. The van der Waals surface area contributed by atoms with Gasteiger partial charge in [0.05, 0.1) is 6.85 Å². The Morgan fingerprint density at radius 1 is 0.333 bits per heavy atom. The van der Waals surface area contributed by atoms with Crippen LogP contribution in [0.3, 0.4) is 0 Å². The van der Waals surface area contributed by atoms with E-state index in [0.29, 0.717) is 22.8 Å². The molecule has 8 aromatic carbocycles. The van der Waals surface area contributed by atoms with Crippen molar-refractivity contribution in [1.29, 1.82) is 0 Å². The molecule has 3 nitrogen and oxygen atoms in total. The number of hydrogen-bond acceptors (Lipinski definition) is 3. The summed E-state index contributed by atoms with van der Waals surface area (Å²) < 4.78 is 42.4. The maximum atomic E-state index is 8.75. The van der Waals surface area contributed by atoms with Crippen LogP contribution >= 0.6 is 0 Å². The van der Waals surface area contributed by atoms with Gasteiger partial charge in [0, 0.05) is 16.7 Å². The summed E-state index contributed by atoms with van der Waals surface area (Å²) in [5, 5.41) is 6.52. The van der Waals surface area contributed by atoms with Gasteiger partial charge in [-0.05, 0) is 66.7 Å². The van der Waals surface area contributed by atoms with Gasteiger partial charge in [-0.25, -0.2) is 15.0 Å². The zero-order valence-electron chi connectivity index (χ0n) is 30.7. The van der Waals surface area contributed by atoms with Gasteiger partial charge in [-0.3, -0.25) is 0 Å². The summed E-state index contributed by atoms with van der Waals surface area (Å²) in [6, 6.07) is 47.2. The Hall–Kier alpha value is -6.45. The lowest BCUT2D eigenvalue weighted by atomic mass is 9.91. The predicted octanol–water partition coefficient (Wildman–Crippen LogP) is 11.7. The van der Waals surface area contributed by atoms with Gasteiger partial charge in [-0.1, -0.05) is 164 Å². The van der Waals surface area contributed by atoms with E-state index in [4.69, 9.17) is 21.8 Å². The second-order valence-corrected chi connectivity index (χ2v) is 11.7. The van der Waals surface area contributed by atoms with E-state index in [-0.39, 0.29) is 23.5 Å². The minimum absolute atomic E-state index is 0.00286. The van der Waals surface area contributed by atoms with E-state index < -0.39 is 18.1 Å². The summed E-state index contributed by atoms with van der Waals surface area (Å²) in [5.74, 6) is 0.652. The summed E-state index contributed by atoms with van der Waals surface area (Å²) in [7, 11) is 0. The number of rotatable bonds is 5. The van der Waals surface area contributed by atoms with Gasteiger partial charge in [-0.2, -0.15) is 0 Å². The van der Waals surface area contributed by atoms with Crippen LogP contribution in [-0.2, 0) is 0 Å². The highest BCUT2D eigenvalue weighted by atomic mass is 15.0. The summed E-state index contributed by atoms with van der Waals surface area (Å²) in [4.78, 5) is 14.6. The highest BCUT2D eigenvalue weighted by Crippen LogP contribution is 2.37. The molecule has 0 atom stereocenters. The molecule has 3 heteroatoms. The zero-order valence-corrected chi connectivity index (χ0v) is 25.7. The first kappa shape index (κ1) is 23.0. The summed E-state index contributed by atoms with van der Waals surface area (Å²) in [6.45, 7) is 0. The topological polar surface area (TPSA) is 38.7 Å². The summed E-state index contributed by atoms with van der Waals surface area (Å²) in [5.41, 5.74) is 5.63. The first-order valence-electron chi connectivity index (χ1n) is 18.3. The molecule has 0 radical (unpaired) electrons. The fourth-order valence-corrected chi connectivity index (χ4v) is 6.49. The number of benzene rings is 8. The molecule has 9 rings (SSSR count). The highest BCUT2D eigenvalue weighted by Gasteiger charge is 2.15. The summed E-state index contributed by atoms with van der Waals surface area (Å²) in [6.07, 6.45) is 0. The SMILES string of the molecule is [2H]c1c([2H])c([2H])c(-c2nc(-c3cccc(-c4ccc(-c5ccccc5)c5ccccc45)c3)nc(-c3ccc4ccc5ccccc5c4c3)n2)c([2H])c1[2H]. The maximum Gasteiger partial charge on any atom is 0.164 e. The molecule has 0 aliphatic carbocycles. The molecule has 0 unspecified atom stereocenters. The van der Waals surface area contributed by atoms with Gasteiger partial charge in [0.25, 0.3) is 0 Å². The van der Waals surface area contributed by atoms with Crippen LogP contribution in [0.5, 0.6) is 0 Å². The van der Waals surface area contributed by atoms with E-state index in [9.17, 15) is 0 Å². The first-order chi connectivity index (χ1) is 25.9. The van der Waals surface area contributed by atoms with Crippen LogP contribution in [0.15, 0.2) is 176 Å². The van der Waals surface area contributed by atoms with Crippen molar-refractivity contribution < 1.29 is 6.85 Å². The van der Waals surface area contributed by atoms with Crippen molar-refractivity contribution in [1.82, 2.24) is 15.0 Å². The molecule has 0 bridgehead atoms. The van der Waals surface area contributed by atoms with Gasteiger partial charge in [0.2, 0.25) is 0 Å². The van der Waals surface area contributed by atoms with Crippen molar-refractivity contribution in [2.24, 2.45) is 0 Å². The third-order valence-corrected chi connectivity index (χ3v) is 8.80. The molecular weight excluding hydrogens is 583 g/mol. The lowest BCUT2D eigenvalue weighted by molar-refractivity contribution is 1.07. The Morgan fingerprint density at radius 2 is 0.854 bits per heavy atom. The number of aromatic nitrogens is 3. The lowest BCUT2D eigenvalue weighted by Crippen LogP contribution is -2.00. The van der Waals surface area contributed by atoms with Crippen molar-refractivity contribution >= 4 is 32.3 Å². The average molecular weight is 617 g/mol. The van der Waals surface area contributed by atoms with E-state index in [0.717, 1.165) is 54.6 Å². The molecule has 1 heterocycles. The number of nitrogens with zero attached hydrogens (tertiary/aromatic N) is 3. The molecule has 0 saturated heterocycles. The van der Waals surface area contributed by atoms with E-state index in [1.54, 1.807) is 0 Å². The Labute approximate surface area is 285 Å². The number of hydrogen-bond donors (Lipinski definition) is 0. The standard InChI is InChI=1S/C45H29N3/c1-3-12-30(13-4-1)38-26-27-39(41-21-10-9-20-40(38)41)34-17-11-18-35(28-34)44-46-43(33-15-5-2-6-16-33)47-45(48-44)36-25-24-32-23-22-31-14-7-8-19-37(31)42(32)29-36/h1-29H/i2D,5D,6D,15D,16D. The molecule has 224 valence electrons. The van der Waals surface area contributed by atoms with Crippen LogP contribution in [0.4, 0.5) is 0 Å². The largest absolute Gasteiger partial charge is 0.208 e. The van der Waals surface area contributed by atoms with Crippen LogP contribution < -0.4 is 0 Å². The fourth-order valence-electron chi connectivity index (χ4n) is 6.49. The monoisotopic (exact) mass is 616 g/mol. The van der Waals surface area contributed by atoms with Crippen molar-refractivity contribution in [3.63, 3.8) is 0 Å². The summed E-state index contributed by atoms with van der Waals surface area (Å²) >= 11 is 0. The minimum Gasteiger partial charge on any atom is -0.208 e. The second-order valence-electron chi connectivity index (χ2n) is 11.7. The quantitative estimate of drug-likeness (QED) is 0.181. The van der Waals surface area contributed by atoms with Gasteiger partial charge in [0.15, 0.2) is 17.5 Å². The third-order valence-electron chi connectivity index (χ3n) is 8.80. The van der Waals surface area contributed by atoms with Crippen LogP contribution in [0.1, 0.15) is 6.85 Å². The highest BCUT2D eigenvalue weighted by molar-refractivity contribution is 6.08. The second kappa shape index (κ2) is 11.7. The smallest absolute Gasteiger partial charge is 0.164 e. The average Bonchev–Trinajstić information content (AvgIpc) is 3.22. The molecule has 48 heavy (non-hydrogen) atoms. The fraction of sp³-hybridized carbons (Fsp3) is 0. The normalized spacial score (nSPS) is 12.8. The molecule has 0 spiro atoms. The number of fused-ring (bicyclic) bond motifs is 4. The van der Waals surface area contributed by atoms with Crippen molar-refractivity contribution in [3.8, 4) is 56.4 Å². The van der Waals surface area contributed by atoms with Gasteiger partial charge in [-0.15, -0.1) is 0 Å². The first-order valence-corrected chi connectivity index (χ1v) is 15.8. The molecule has 0 aliphatic rings. The molecule has 0 saturated carbocycles. The van der Waals surface area contributed by atoms with Crippen LogP contribution in [0.2, 0.25) is 0 Å². The Balaban J connectivity index is 1.25. The van der Waals surface area contributed by atoms with Crippen molar-refractivity contribution in [2.75, 3.05) is 0 Å². The predicted molar refractivity (Wildman–Crippen MR) is 200 cm³/mol. The Morgan fingerprint density at radius 3 is 1.58 bits per heavy atom. The molecule has 0 N–H and O–H groups in total. The molecule has 0 amide bonds. The van der Waals surface area contributed by atoms with Crippen LogP contribution in [-0.4, -0.2) is 15.0 Å². The van der Waals surface area contributed by atoms with E-state index in [1.807, 2.05) is 72.8 Å². The molecule has 0 aliphatic heterocycles. The molecule has 0 fully saturated rings. The van der Waals surface area contributed by atoms with Crippen LogP contribution in [0.25, 0.3) is 88.7 Å². The van der Waals surface area contributed by atoms with Gasteiger partial charge >= 0.3 is 0 Å². The van der Waals surface area contributed by atoms with E-state index in [2.05, 4.69) is 72.8 Å². The van der Waals surface area contributed by atoms with E-state index >= 15 is 0 Å². The Bertz CT molecular complexity index is 2880. The molecule has 9 aromatic rings. The lowest BCUT2D eigenvalue weighted by Gasteiger charge is -2.13. The Kier molecular flexibility index (Phi) is 5.61. The van der Waals surface area contributed by atoms with E-state index in [1.165, 1.54) is 0 Å². The zero-order chi connectivity index (χ0) is 36.2. The van der Waals surface area contributed by atoms with Crippen molar-refractivity contribution in [3.05, 3.63) is 176 Å². The molecular formula is C45H29N3. The maximum absolute atomic E-state index is 8.75. The van der Waals surface area contributed by atoms with Crippen LogP contribution in [0, 0.1) is 0 Å².